The number of imidazole rings is 1. The summed E-state index contributed by atoms with van der Waals surface area (Å²) in [5.74, 6) is 0. The van der Waals surface area contributed by atoms with Gasteiger partial charge in [-0.25, -0.2) is 10.1 Å². The highest BCUT2D eigenvalue weighted by Gasteiger charge is 2.01. The standard InChI is InChI=1S/C9H9N2O/c1-7-3-2-4-11-5-8(6-12)10-9(7)11/h2-5H,6H2,1H3. The first-order valence-corrected chi connectivity index (χ1v) is 3.82. The molecule has 0 spiro atoms. The quantitative estimate of drug-likeness (QED) is 0.625. The number of nitrogens with zero attached hydrogens (tertiary/aromatic N) is 2. The highest BCUT2D eigenvalue weighted by molar-refractivity contribution is 5.47. The molecule has 0 aliphatic carbocycles. The van der Waals surface area contributed by atoms with Crippen LogP contribution < -0.4 is 0 Å². The molecule has 0 aromatic carbocycles. The molecule has 0 bridgehead atoms. The van der Waals surface area contributed by atoms with Gasteiger partial charge in [-0.3, -0.25) is 0 Å². The molecule has 0 fully saturated rings. The van der Waals surface area contributed by atoms with Gasteiger partial charge in [-0.2, -0.15) is 0 Å². The number of pyridine rings is 1. The fourth-order valence-electron chi connectivity index (χ4n) is 1.27. The minimum atomic E-state index is -0.249. The van der Waals surface area contributed by atoms with Gasteiger partial charge in [-0.05, 0) is 18.6 Å². The van der Waals surface area contributed by atoms with Crippen LogP contribution >= 0.6 is 0 Å². The monoisotopic (exact) mass is 161 g/mol. The van der Waals surface area contributed by atoms with Crippen molar-refractivity contribution >= 4 is 5.65 Å². The van der Waals surface area contributed by atoms with Crippen molar-refractivity contribution < 1.29 is 5.11 Å². The molecule has 0 atom stereocenters. The second-order valence-corrected chi connectivity index (χ2v) is 2.80. The average Bonchev–Trinajstić information content (AvgIpc) is 2.49. The van der Waals surface area contributed by atoms with Crippen LogP contribution in [0.2, 0.25) is 0 Å². The maximum atomic E-state index is 10.5. The molecule has 0 N–H and O–H groups in total. The molecule has 61 valence electrons. The predicted octanol–water partition coefficient (Wildman–Crippen LogP) is 1.57. The Morgan fingerprint density at radius 3 is 3.08 bits per heavy atom. The lowest BCUT2D eigenvalue weighted by atomic mass is 10.3. The van der Waals surface area contributed by atoms with Crippen molar-refractivity contribution in [2.24, 2.45) is 0 Å². The Morgan fingerprint density at radius 2 is 2.42 bits per heavy atom. The molecule has 2 aromatic heterocycles. The summed E-state index contributed by atoms with van der Waals surface area (Å²) in [6.07, 6.45) is 3.67. The number of aromatic nitrogens is 2. The van der Waals surface area contributed by atoms with Gasteiger partial charge >= 0.3 is 0 Å². The van der Waals surface area contributed by atoms with Crippen LogP contribution in [0.3, 0.4) is 0 Å². The molecule has 0 amide bonds. The molecule has 2 aromatic rings. The van der Waals surface area contributed by atoms with Gasteiger partial charge < -0.3 is 4.40 Å². The van der Waals surface area contributed by atoms with Crippen molar-refractivity contribution in [3.63, 3.8) is 0 Å². The summed E-state index contributed by atoms with van der Waals surface area (Å²) in [7, 11) is 0. The normalized spacial score (nSPS) is 10.8. The van der Waals surface area contributed by atoms with Crippen LogP contribution in [0.4, 0.5) is 0 Å². The van der Waals surface area contributed by atoms with E-state index in [0.717, 1.165) is 11.2 Å². The Labute approximate surface area is 70.3 Å². The van der Waals surface area contributed by atoms with Crippen LogP contribution in [0.25, 0.3) is 5.65 Å². The van der Waals surface area contributed by atoms with Gasteiger partial charge in [-0.15, -0.1) is 0 Å². The third-order valence-corrected chi connectivity index (χ3v) is 1.88. The number of hydrogen-bond donors (Lipinski definition) is 0. The summed E-state index contributed by atoms with van der Waals surface area (Å²) < 4.78 is 1.88. The van der Waals surface area contributed by atoms with E-state index in [2.05, 4.69) is 4.98 Å². The highest BCUT2D eigenvalue weighted by Crippen LogP contribution is 2.09. The lowest BCUT2D eigenvalue weighted by molar-refractivity contribution is 0.174. The van der Waals surface area contributed by atoms with Crippen LogP contribution in [0.1, 0.15) is 11.3 Å². The van der Waals surface area contributed by atoms with Crippen LogP contribution in [0.5, 0.6) is 0 Å². The molecule has 12 heavy (non-hydrogen) atoms. The van der Waals surface area contributed by atoms with Crippen LogP contribution in [0, 0.1) is 6.92 Å². The maximum absolute atomic E-state index is 10.5. The summed E-state index contributed by atoms with van der Waals surface area (Å²) in [4.78, 5) is 4.18. The number of rotatable bonds is 1. The third-order valence-electron chi connectivity index (χ3n) is 1.88. The van der Waals surface area contributed by atoms with E-state index in [1.54, 1.807) is 6.20 Å². The molecular formula is C9H9N2O. The number of aryl methyl sites for hydroxylation is 1. The zero-order valence-corrected chi connectivity index (χ0v) is 6.82. The first-order valence-electron chi connectivity index (χ1n) is 3.82. The minimum Gasteiger partial charge on any atom is -0.307 e. The van der Waals surface area contributed by atoms with E-state index < -0.39 is 0 Å². The first-order chi connectivity index (χ1) is 5.81. The number of fused-ring (bicyclic) bond motifs is 1. The second kappa shape index (κ2) is 2.60. The first kappa shape index (κ1) is 7.31. The summed E-state index contributed by atoms with van der Waals surface area (Å²) in [5.41, 5.74) is 2.57. The highest BCUT2D eigenvalue weighted by atomic mass is 16.3. The number of hydrogen-bond acceptors (Lipinski definition) is 1. The second-order valence-electron chi connectivity index (χ2n) is 2.80. The Kier molecular flexibility index (Phi) is 1.59. The molecule has 0 aliphatic rings. The lowest BCUT2D eigenvalue weighted by Crippen LogP contribution is -1.84. The molecule has 2 rings (SSSR count). The Balaban J connectivity index is 2.74. The van der Waals surface area contributed by atoms with E-state index in [1.165, 1.54) is 0 Å². The molecule has 0 saturated heterocycles. The predicted molar refractivity (Wildman–Crippen MR) is 44.3 cm³/mol. The zero-order chi connectivity index (χ0) is 8.55. The van der Waals surface area contributed by atoms with Crippen molar-refractivity contribution in [2.75, 3.05) is 0 Å². The van der Waals surface area contributed by atoms with E-state index in [1.807, 2.05) is 29.7 Å². The molecule has 3 nitrogen and oxygen atoms in total. The Bertz CT molecular complexity index is 406. The van der Waals surface area contributed by atoms with Crippen molar-refractivity contribution in [1.29, 1.82) is 0 Å². The molecule has 1 radical (unpaired) electrons. The zero-order valence-electron chi connectivity index (χ0n) is 6.82. The summed E-state index contributed by atoms with van der Waals surface area (Å²) in [5, 5.41) is 10.5. The van der Waals surface area contributed by atoms with Gasteiger partial charge in [-0.1, -0.05) is 6.07 Å². The molecule has 3 heteroatoms. The van der Waals surface area contributed by atoms with Crippen molar-refractivity contribution in [3.8, 4) is 0 Å². The van der Waals surface area contributed by atoms with Crippen LogP contribution in [0.15, 0.2) is 24.5 Å². The molecule has 2 heterocycles. The van der Waals surface area contributed by atoms with Gasteiger partial charge in [0, 0.05) is 12.4 Å². The molecule has 0 unspecified atom stereocenters. The summed E-state index contributed by atoms with van der Waals surface area (Å²) in [6.45, 7) is 1.73. The van der Waals surface area contributed by atoms with Crippen molar-refractivity contribution in [1.82, 2.24) is 9.38 Å². The summed E-state index contributed by atoms with van der Waals surface area (Å²) in [6, 6.07) is 3.93. The smallest absolute Gasteiger partial charge is 0.140 e. The van der Waals surface area contributed by atoms with Gasteiger partial charge in [0.2, 0.25) is 0 Å². The lowest BCUT2D eigenvalue weighted by Gasteiger charge is -1.93. The average molecular weight is 161 g/mol. The molecule has 0 saturated carbocycles. The molecular weight excluding hydrogens is 152 g/mol. The van der Waals surface area contributed by atoms with E-state index in [9.17, 15) is 5.11 Å². The van der Waals surface area contributed by atoms with Gasteiger partial charge in [0.15, 0.2) is 0 Å². The molecule has 0 aliphatic heterocycles. The van der Waals surface area contributed by atoms with E-state index in [-0.39, 0.29) is 6.61 Å². The van der Waals surface area contributed by atoms with E-state index in [4.69, 9.17) is 0 Å². The van der Waals surface area contributed by atoms with Crippen molar-refractivity contribution in [2.45, 2.75) is 13.5 Å². The SMILES string of the molecule is Cc1cccn2cc(C[O])nc12. The van der Waals surface area contributed by atoms with Crippen molar-refractivity contribution in [3.05, 3.63) is 35.8 Å². The summed E-state index contributed by atoms with van der Waals surface area (Å²) >= 11 is 0. The van der Waals surface area contributed by atoms with Gasteiger partial charge in [0.25, 0.3) is 0 Å². The Morgan fingerprint density at radius 1 is 1.58 bits per heavy atom. The van der Waals surface area contributed by atoms with E-state index in [0.29, 0.717) is 5.69 Å². The van der Waals surface area contributed by atoms with Crippen LogP contribution in [-0.2, 0) is 11.7 Å². The van der Waals surface area contributed by atoms with Crippen LogP contribution in [-0.4, -0.2) is 9.38 Å². The fraction of sp³-hybridized carbons (Fsp3) is 0.222. The topological polar surface area (TPSA) is 37.2 Å². The Hall–Kier alpha value is -1.35. The maximum Gasteiger partial charge on any atom is 0.140 e. The van der Waals surface area contributed by atoms with Gasteiger partial charge in [0.1, 0.15) is 12.3 Å². The van der Waals surface area contributed by atoms with Gasteiger partial charge in [0.05, 0.1) is 5.69 Å². The third kappa shape index (κ3) is 0.987. The largest absolute Gasteiger partial charge is 0.307 e. The minimum absolute atomic E-state index is 0.249. The van der Waals surface area contributed by atoms with E-state index >= 15 is 0 Å². The fourth-order valence-corrected chi connectivity index (χ4v) is 1.27.